The molecule has 0 aliphatic heterocycles. The molecule has 0 saturated carbocycles. The molecule has 24 heavy (non-hydrogen) atoms. The lowest BCUT2D eigenvalue weighted by Gasteiger charge is -2.15. The van der Waals surface area contributed by atoms with Crippen LogP contribution in [0.1, 0.15) is 6.92 Å². The van der Waals surface area contributed by atoms with Crippen LogP contribution < -0.4 is 16.0 Å². The topological polar surface area (TPSA) is 84.1 Å². The highest BCUT2D eigenvalue weighted by Crippen LogP contribution is 2.29. The molecule has 6 heteroatoms. The monoisotopic (exact) mass is 321 g/mol. The van der Waals surface area contributed by atoms with Gasteiger partial charge in [0.05, 0.1) is 5.52 Å². The molecule has 0 bridgehead atoms. The summed E-state index contributed by atoms with van der Waals surface area (Å²) >= 11 is 0. The summed E-state index contributed by atoms with van der Waals surface area (Å²) in [7, 11) is 3.85. The molecule has 0 aliphatic carbocycles. The van der Waals surface area contributed by atoms with Crippen LogP contribution >= 0.6 is 0 Å². The predicted molar refractivity (Wildman–Crippen MR) is 98.0 cm³/mol. The lowest BCUT2D eigenvalue weighted by molar-refractivity contribution is -0.114. The van der Waals surface area contributed by atoms with Gasteiger partial charge in [-0.1, -0.05) is 18.2 Å². The maximum Gasteiger partial charge on any atom is 0.222 e. The van der Waals surface area contributed by atoms with Crippen LogP contribution in [0.4, 0.5) is 17.5 Å². The van der Waals surface area contributed by atoms with Crippen molar-refractivity contribution in [3.63, 3.8) is 0 Å². The van der Waals surface area contributed by atoms with Gasteiger partial charge in [-0.3, -0.25) is 4.79 Å². The molecule has 0 unspecified atom stereocenters. The van der Waals surface area contributed by atoms with E-state index in [1.54, 1.807) is 0 Å². The van der Waals surface area contributed by atoms with Crippen molar-refractivity contribution >= 4 is 34.3 Å². The van der Waals surface area contributed by atoms with Crippen LogP contribution in [0.25, 0.3) is 22.0 Å². The molecule has 0 saturated heterocycles. The summed E-state index contributed by atoms with van der Waals surface area (Å²) in [5.41, 5.74) is 9.47. The first-order valence-electron chi connectivity index (χ1n) is 7.56. The van der Waals surface area contributed by atoms with Gasteiger partial charge >= 0.3 is 0 Å². The van der Waals surface area contributed by atoms with E-state index < -0.39 is 0 Å². The van der Waals surface area contributed by atoms with Crippen LogP contribution in [0.2, 0.25) is 0 Å². The minimum absolute atomic E-state index is 0.0844. The van der Waals surface area contributed by atoms with Crippen molar-refractivity contribution in [2.24, 2.45) is 0 Å². The first-order valence-corrected chi connectivity index (χ1v) is 7.56. The van der Waals surface area contributed by atoms with Gasteiger partial charge in [0, 0.05) is 32.1 Å². The lowest BCUT2D eigenvalue weighted by atomic mass is 10.0. The highest BCUT2D eigenvalue weighted by Gasteiger charge is 2.10. The third-order valence-electron chi connectivity index (χ3n) is 3.66. The number of benzene rings is 2. The molecule has 1 aromatic heterocycles. The largest absolute Gasteiger partial charge is 0.368 e. The summed E-state index contributed by atoms with van der Waals surface area (Å²) in [4.78, 5) is 21.6. The van der Waals surface area contributed by atoms with Gasteiger partial charge in [0.15, 0.2) is 0 Å². The Morgan fingerprint density at radius 3 is 2.33 bits per heavy atom. The van der Waals surface area contributed by atoms with Gasteiger partial charge in [-0.05, 0) is 35.4 Å². The number of amides is 1. The van der Waals surface area contributed by atoms with Crippen molar-refractivity contribution in [3.05, 3.63) is 42.5 Å². The van der Waals surface area contributed by atoms with Crippen LogP contribution in [0, 0.1) is 0 Å². The molecule has 0 radical (unpaired) electrons. The van der Waals surface area contributed by atoms with Crippen LogP contribution in [0.15, 0.2) is 42.5 Å². The van der Waals surface area contributed by atoms with Gasteiger partial charge < -0.3 is 16.0 Å². The maximum atomic E-state index is 11.1. The number of nitrogens with two attached hydrogens (primary N) is 1. The average molecular weight is 321 g/mol. The average Bonchev–Trinajstić information content (AvgIpc) is 2.53. The van der Waals surface area contributed by atoms with E-state index in [2.05, 4.69) is 21.4 Å². The summed E-state index contributed by atoms with van der Waals surface area (Å²) in [5, 5.41) is 3.71. The van der Waals surface area contributed by atoms with E-state index in [-0.39, 0.29) is 11.9 Å². The van der Waals surface area contributed by atoms with E-state index >= 15 is 0 Å². The number of carbonyl (C=O) groups excluding carboxylic acids is 1. The molecule has 3 rings (SSSR count). The smallest absolute Gasteiger partial charge is 0.222 e. The summed E-state index contributed by atoms with van der Waals surface area (Å²) in [6.07, 6.45) is 0. The Hall–Kier alpha value is -3.15. The molecule has 0 atom stereocenters. The van der Waals surface area contributed by atoms with Gasteiger partial charge in [-0.2, -0.15) is 4.98 Å². The van der Waals surface area contributed by atoms with E-state index in [9.17, 15) is 4.79 Å². The molecule has 3 N–H and O–H groups in total. The van der Waals surface area contributed by atoms with Gasteiger partial charge in [-0.25, -0.2) is 4.98 Å². The third-order valence-corrected chi connectivity index (χ3v) is 3.66. The van der Waals surface area contributed by atoms with E-state index in [1.807, 2.05) is 55.4 Å². The van der Waals surface area contributed by atoms with Gasteiger partial charge in [0.2, 0.25) is 11.9 Å². The number of hydrogen-bond acceptors (Lipinski definition) is 5. The zero-order valence-corrected chi connectivity index (χ0v) is 13.9. The zero-order valence-electron chi connectivity index (χ0n) is 13.9. The molecule has 3 aromatic rings. The van der Waals surface area contributed by atoms with Gasteiger partial charge in [0.1, 0.15) is 5.82 Å². The fraction of sp³-hybridized carbons (Fsp3) is 0.167. The molecule has 6 nitrogen and oxygen atoms in total. The van der Waals surface area contributed by atoms with Gasteiger partial charge in [-0.15, -0.1) is 0 Å². The minimum atomic E-state index is -0.0844. The second kappa shape index (κ2) is 6.16. The molecule has 0 spiro atoms. The van der Waals surface area contributed by atoms with Crippen LogP contribution in [-0.2, 0) is 4.79 Å². The fourth-order valence-electron chi connectivity index (χ4n) is 2.60. The standard InChI is InChI=1S/C18H19N5O/c1-11(24)20-14-7-4-12(5-8-14)13-6-9-16-15(10-13)17(23(2)3)22-18(19)21-16/h4-10H,1-3H3,(H,20,24)(H2,19,21,22). The van der Waals surface area contributed by atoms with Crippen molar-refractivity contribution in [1.82, 2.24) is 9.97 Å². The third kappa shape index (κ3) is 3.12. The fourth-order valence-corrected chi connectivity index (χ4v) is 2.60. The van der Waals surface area contributed by atoms with Gasteiger partial charge in [0.25, 0.3) is 0 Å². The van der Waals surface area contributed by atoms with Crippen LogP contribution in [0.5, 0.6) is 0 Å². The summed E-state index contributed by atoms with van der Waals surface area (Å²) in [6.45, 7) is 1.49. The molecular formula is C18H19N5O. The summed E-state index contributed by atoms with van der Waals surface area (Å²) in [6, 6.07) is 13.7. The van der Waals surface area contributed by atoms with E-state index in [1.165, 1.54) is 6.92 Å². The Labute approximate surface area is 140 Å². The molecular weight excluding hydrogens is 302 g/mol. The highest BCUT2D eigenvalue weighted by molar-refractivity contribution is 5.94. The molecule has 1 heterocycles. The Bertz CT molecular complexity index is 903. The zero-order chi connectivity index (χ0) is 17.3. The predicted octanol–water partition coefficient (Wildman–Crippen LogP) is 2.90. The van der Waals surface area contributed by atoms with Crippen LogP contribution in [-0.4, -0.2) is 30.0 Å². The molecule has 122 valence electrons. The maximum absolute atomic E-state index is 11.1. The lowest BCUT2D eigenvalue weighted by Crippen LogP contribution is -2.13. The van der Waals surface area contributed by atoms with E-state index in [0.29, 0.717) is 0 Å². The number of anilines is 3. The van der Waals surface area contributed by atoms with Crippen LogP contribution in [0.3, 0.4) is 0 Å². The van der Waals surface area contributed by atoms with E-state index in [4.69, 9.17) is 5.73 Å². The Morgan fingerprint density at radius 2 is 1.71 bits per heavy atom. The van der Waals surface area contributed by atoms with E-state index in [0.717, 1.165) is 33.5 Å². The summed E-state index contributed by atoms with van der Waals surface area (Å²) < 4.78 is 0. The molecule has 0 aliphatic rings. The normalized spacial score (nSPS) is 10.6. The first kappa shape index (κ1) is 15.7. The number of rotatable bonds is 3. The number of hydrogen-bond donors (Lipinski definition) is 2. The highest BCUT2D eigenvalue weighted by atomic mass is 16.1. The Balaban J connectivity index is 2.05. The number of nitrogen functional groups attached to an aromatic ring is 1. The van der Waals surface area contributed by atoms with Crippen molar-refractivity contribution in [2.45, 2.75) is 6.92 Å². The number of fused-ring (bicyclic) bond motifs is 1. The molecule has 2 aromatic carbocycles. The Morgan fingerprint density at radius 1 is 1.04 bits per heavy atom. The second-order valence-corrected chi connectivity index (χ2v) is 5.79. The summed E-state index contributed by atoms with van der Waals surface area (Å²) in [5.74, 6) is 0.964. The second-order valence-electron chi connectivity index (χ2n) is 5.79. The molecule has 0 fully saturated rings. The number of nitrogens with one attached hydrogen (secondary N) is 1. The number of carbonyl (C=O) groups is 1. The van der Waals surface area contributed by atoms with Crippen molar-refractivity contribution < 1.29 is 4.79 Å². The number of aromatic nitrogens is 2. The van der Waals surface area contributed by atoms with Crippen molar-refractivity contribution in [1.29, 1.82) is 0 Å². The minimum Gasteiger partial charge on any atom is -0.368 e. The first-order chi connectivity index (χ1) is 11.4. The van der Waals surface area contributed by atoms with Crippen molar-refractivity contribution in [2.75, 3.05) is 30.0 Å². The Kier molecular flexibility index (Phi) is 4.04. The molecule has 1 amide bonds. The SMILES string of the molecule is CC(=O)Nc1ccc(-c2ccc3nc(N)nc(N(C)C)c3c2)cc1. The quantitative estimate of drug-likeness (QED) is 0.775. The van der Waals surface area contributed by atoms with Crippen molar-refractivity contribution in [3.8, 4) is 11.1 Å². The number of nitrogens with zero attached hydrogens (tertiary/aromatic N) is 3.